The Hall–Kier alpha value is -0.780. The number of unbranched alkanes of at least 4 members (excludes halogenated alkanes) is 1. The van der Waals surface area contributed by atoms with Gasteiger partial charge in [0.2, 0.25) is 0 Å². The summed E-state index contributed by atoms with van der Waals surface area (Å²) in [4.78, 5) is 0. The van der Waals surface area contributed by atoms with Gasteiger partial charge in [0, 0.05) is 0 Å². The normalized spacial score (nSPS) is 10.5. The number of aryl methyl sites for hydroxylation is 1. The average Bonchev–Trinajstić information content (AvgIpc) is 2.41. The van der Waals surface area contributed by atoms with E-state index in [9.17, 15) is 0 Å². The molecule has 0 saturated heterocycles. The molecule has 0 heterocycles. The molecule has 1 atom stereocenters. The van der Waals surface area contributed by atoms with Gasteiger partial charge in [-0.05, 0) is 30.4 Å². The van der Waals surface area contributed by atoms with Crippen LogP contribution in [0.3, 0.4) is 0 Å². The predicted octanol–water partition coefficient (Wildman–Crippen LogP) is 6.34. The van der Waals surface area contributed by atoms with Crippen LogP contribution in [0.4, 0.5) is 0 Å². The molecule has 17 heavy (non-hydrogen) atoms. The van der Waals surface area contributed by atoms with E-state index in [-0.39, 0.29) is 0 Å². The minimum atomic E-state index is 0.723. The van der Waals surface area contributed by atoms with Crippen LogP contribution in [0.1, 0.15) is 77.8 Å². The van der Waals surface area contributed by atoms with Crippen molar-refractivity contribution in [2.75, 3.05) is 0 Å². The molecular formula is C17H32. The fourth-order valence-corrected chi connectivity index (χ4v) is 1.81. The zero-order valence-electron chi connectivity index (χ0n) is 13.0. The van der Waals surface area contributed by atoms with Gasteiger partial charge in [-0.3, -0.25) is 0 Å². The molecule has 0 spiro atoms. The number of benzene rings is 1. The van der Waals surface area contributed by atoms with Crippen molar-refractivity contribution in [1.29, 1.82) is 0 Å². The molecule has 1 rings (SSSR count). The molecule has 0 aliphatic rings. The highest BCUT2D eigenvalue weighted by atomic mass is 14.1. The minimum absolute atomic E-state index is 0.723. The zero-order chi connectivity index (χ0) is 13.7. The quantitative estimate of drug-likeness (QED) is 0.572. The molecule has 0 nitrogen and oxygen atoms in total. The Bertz CT molecular complexity index is 250. The van der Waals surface area contributed by atoms with Crippen LogP contribution in [0.2, 0.25) is 0 Å². The van der Waals surface area contributed by atoms with E-state index >= 15 is 0 Å². The van der Waals surface area contributed by atoms with Crippen LogP contribution in [0.5, 0.6) is 0 Å². The Kier molecular flexibility index (Phi) is 14.5. The van der Waals surface area contributed by atoms with E-state index in [0.29, 0.717) is 0 Å². The molecule has 1 aromatic carbocycles. The van der Waals surface area contributed by atoms with E-state index in [4.69, 9.17) is 0 Å². The Morgan fingerprint density at radius 3 is 2.00 bits per heavy atom. The molecule has 0 N–H and O–H groups in total. The van der Waals surface area contributed by atoms with Gasteiger partial charge in [-0.15, -0.1) is 0 Å². The molecule has 0 fully saturated rings. The highest BCUT2D eigenvalue weighted by molar-refractivity contribution is 5.28. The molecule has 0 radical (unpaired) electrons. The van der Waals surface area contributed by atoms with Crippen molar-refractivity contribution in [2.45, 2.75) is 73.6 Å². The van der Waals surface area contributed by atoms with Gasteiger partial charge in [-0.25, -0.2) is 0 Å². The summed E-state index contributed by atoms with van der Waals surface area (Å²) in [6, 6.07) is 8.73. The van der Waals surface area contributed by atoms with Gasteiger partial charge < -0.3 is 0 Å². The fraction of sp³-hybridized carbons (Fsp3) is 0.647. The van der Waals surface area contributed by atoms with Crippen molar-refractivity contribution in [3.8, 4) is 0 Å². The third kappa shape index (κ3) is 8.01. The smallest absolute Gasteiger partial charge is 0.0188 e. The summed E-state index contributed by atoms with van der Waals surface area (Å²) >= 11 is 0. The van der Waals surface area contributed by atoms with Crippen molar-refractivity contribution in [3.05, 3.63) is 35.4 Å². The molecule has 0 aromatic heterocycles. The first-order valence-corrected chi connectivity index (χ1v) is 7.31. The van der Waals surface area contributed by atoms with Gasteiger partial charge in [0.1, 0.15) is 0 Å². The summed E-state index contributed by atoms with van der Waals surface area (Å²) < 4.78 is 0. The first-order chi connectivity index (χ1) is 8.25. The SMILES string of the molecule is CC.CC.CCCCC(C)c1ccccc1C. The molecule has 0 saturated carbocycles. The van der Waals surface area contributed by atoms with E-state index in [2.05, 4.69) is 45.0 Å². The van der Waals surface area contributed by atoms with E-state index in [0.717, 1.165) is 5.92 Å². The van der Waals surface area contributed by atoms with Gasteiger partial charge in [-0.2, -0.15) is 0 Å². The lowest BCUT2D eigenvalue weighted by molar-refractivity contribution is 0.622. The van der Waals surface area contributed by atoms with Crippen LogP contribution in [0, 0.1) is 6.92 Å². The summed E-state index contributed by atoms with van der Waals surface area (Å²) in [5.41, 5.74) is 2.96. The largest absolute Gasteiger partial charge is 0.0683 e. The average molecular weight is 236 g/mol. The first kappa shape index (κ1) is 18.6. The van der Waals surface area contributed by atoms with Crippen LogP contribution in [0.25, 0.3) is 0 Å². The Morgan fingerprint density at radius 2 is 1.53 bits per heavy atom. The van der Waals surface area contributed by atoms with Crippen molar-refractivity contribution in [2.24, 2.45) is 0 Å². The van der Waals surface area contributed by atoms with Gasteiger partial charge in [-0.1, -0.05) is 78.6 Å². The monoisotopic (exact) mass is 236 g/mol. The maximum Gasteiger partial charge on any atom is -0.0188 e. The standard InChI is InChI=1S/C13H20.2C2H6/c1-4-5-8-11(2)13-10-7-6-9-12(13)3;2*1-2/h6-7,9-11H,4-5,8H2,1-3H3;2*1-2H3. The maximum atomic E-state index is 2.33. The summed E-state index contributed by atoms with van der Waals surface area (Å²) in [6.07, 6.45) is 3.97. The topological polar surface area (TPSA) is 0 Å². The van der Waals surface area contributed by atoms with Crippen molar-refractivity contribution in [1.82, 2.24) is 0 Å². The molecular weight excluding hydrogens is 204 g/mol. The fourth-order valence-electron chi connectivity index (χ4n) is 1.81. The first-order valence-electron chi connectivity index (χ1n) is 7.31. The summed E-state index contributed by atoms with van der Waals surface area (Å²) in [5.74, 6) is 0.723. The number of hydrogen-bond donors (Lipinski definition) is 0. The van der Waals surface area contributed by atoms with E-state index < -0.39 is 0 Å². The molecule has 1 unspecified atom stereocenters. The zero-order valence-corrected chi connectivity index (χ0v) is 13.0. The van der Waals surface area contributed by atoms with Crippen LogP contribution in [-0.4, -0.2) is 0 Å². The lowest BCUT2D eigenvalue weighted by atomic mass is 9.92. The summed E-state index contributed by atoms with van der Waals surface area (Å²) in [5, 5.41) is 0. The van der Waals surface area contributed by atoms with Gasteiger partial charge in [0.25, 0.3) is 0 Å². The lowest BCUT2D eigenvalue weighted by Crippen LogP contribution is -1.95. The third-order valence-corrected chi connectivity index (χ3v) is 2.71. The van der Waals surface area contributed by atoms with E-state index in [1.165, 1.54) is 30.4 Å². The molecule has 0 bridgehead atoms. The molecule has 0 aliphatic carbocycles. The molecule has 100 valence electrons. The van der Waals surface area contributed by atoms with E-state index in [1.807, 2.05) is 27.7 Å². The number of rotatable bonds is 4. The van der Waals surface area contributed by atoms with Crippen LogP contribution >= 0.6 is 0 Å². The summed E-state index contributed by atoms with van der Waals surface area (Å²) in [7, 11) is 0. The highest BCUT2D eigenvalue weighted by Gasteiger charge is 2.06. The summed E-state index contributed by atoms with van der Waals surface area (Å²) in [6.45, 7) is 14.8. The van der Waals surface area contributed by atoms with Crippen LogP contribution in [-0.2, 0) is 0 Å². The lowest BCUT2D eigenvalue weighted by Gasteiger charge is -2.13. The molecule has 0 aliphatic heterocycles. The molecule has 0 amide bonds. The highest BCUT2D eigenvalue weighted by Crippen LogP contribution is 2.23. The van der Waals surface area contributed by atoms with Crippen molar-refractivity contribution < 1.29 is 0 Å². The second-order valence-electron chi connectivity index (χ2n) is 3.90. The Labute approximate surface area is 109 Å². The Morgan fingerprint density at radius 1 is 1.00 bits per heavy atom. The minimum Gasteiger partial charge on any atom is -0.0683 e. The van der Waals surface area contributed by atoms with Crippen molar-refractivity contribution in [3.63, 3.8) is 0 Å². The maximum absolute atomic E-state index is 2.33. The Balaban J connectivity index is 0. The van der Waals surface area contributed by atoms with Crippen molar-refractivity contribution >= 4 is 0 Å². The third-order valence-electron chi connectivity index (χ3n) is 2.71. The van der Waals surface area contributed by atoms with Crippen LogP contribution in [0.15, 0.2) is 24.3 Å². The number of hydrogen-bond acceptors (Lipinski definition) is 0. The molecule has 1 aromatic rings. The van der Waals surface area contributed by atoms with Gasteiger partial charge in [0.15, 0.2) is 0 Å². The van der Waals surface area contributed by atoms with Crippen LogP contribution < -0.4 is 0 Å². The molecule has 0 heteroatoms. The van der Waals surface area contributed by atoms with E-state index in [1.54, 1.807) is 0 Å². The van der Waals surface area contributed by atoms with Gasteiger partial charge >= 0.3 is 0 Å². The predicted molar refractivity (Wildman–Crippen MR) is 81.8 cm³/mol. The van der Waals surface area contributed by atoms with Gasteiger partial charge in [0.05, 0.1) is 0 Å². The second kappa shape index (κ2) is 13.3. The second-order valence-corrected chi connectivity index (χ2v) is 3.90.